The molecule has 0 aromatic heterocycles. The van der Waals surface area contributed by atoms with Crippen LogP contribution in [0.2, 0.25) is 0 Å². The highest BCUT2D eigenvalue weighted by molar-refractivity contribution is 9.10. The SMILES string of the molecule is CC(C)OCCOc1ccc(Br)cc1[C@H](C)N. The maximum absolute atomic E-state index is 5.90. The third-order valence-corrected chi connectivity index (χ3v) is 2.75. The van der Waals surface area contributed by atoms with E-state index < -0.39 is 0 Å². The number of benzene rings is 1. The molecule has 0 bridgehead atoms. The molecule has 0 radical (unpaired) electrons. The third-order valence-electron chi connectivity index (χ3n) is 2.25. The highest BCUT2D eigenvalue weighted by atomic mass is 79.9. The zero-order valence-electron chi connectivity index (χ0n) is 10.6. The minimum absolute atomic E-state index is 0.0477. The van der Waals surface area contributed by atoms with Gasteiger partial charge in [-0.25, -0.2) is 0 Å². The van der Waals surface area contributed by atoms with Crippen LogP contribution in [-0.2, 0) is 4.74 Å². The lowest BCUT2D eigenvalue weighted by Gasteiger charge is -2.15. The van der Waals surface area contributed by atoms with Crippen molar-refractivity contribution < 1.29 is 9.47 Å². The van der Waals surface area contributed by atoms with Crippen molar-refractivity contribution in [2.45, 2.75) is 32.9 Å². The number of ether oxygens (including phenoxy) is 2. The Morgan fingerprint density at radius 1 is 1.24 bits per heavy atom. The van der Waals surface area contributed by atoms with Crippen LogP contribution < -0.4 is 10.5 Å². The Hall–Kier alpha value is -0.580. The lowest BCUT2D eigenvalue weighted by atomic mass is 10.1. The summed E-state index contributed by atoms with van der Waals surface area (Å²) in [7, 11) is 0. The van der Waals surface area contributed by atoms with E-state index in [4.69, 9.17) is 15.2 Å². The van der Waals surface area contributed by atoms with E-state index in [0.717, 1.165) is 15.8 Å². The van der Waals surface area contributed by atoms with Crippen molar-refractivity contribution in [3.05, 3.63) is 28.2 Å². The predicted molar refractivity (Wildman–Crippen MR) is 73.3 cm³/mol. The van der Waals surface area contributed by atoms with E-state index in [2.05, 4.69) is 15.9 Å². The normalized spacial score (nSPS) is 12.8. The van der Waals surface area contributed by atoms with E-state index in [1.165, 1.54) is 0 Å². The highest BCUT2D eigenvalue weighted by Gasteiger charge is 2.08. The van der Waals surface area contributed by atoms with Crippen molar-refractivity contribution in [3.63, 3.8) is 0 Å². The predicted octanol–water partition coefficient (Wildman–Crippen LogP) is 3.27. The van der Waals surface area contributed by atoms with Crippen molar-refractivity contribution in [1.29, 1.82) is 0 Å². The zero-order valence-corrected chi connectivity index (χ0v) is 12.2. The van der Waals surface area contributed by atoms with Crippen molar-refractivity contribution >= 4 is 15.9 Å². The number of hydrogen-bond acceptors (Lipinski definition) is 3. The van der Waals surface area contributed by atoms with E-state index in [-0.39, 0.29) is 12.1 Å². The van der Waals surface area contributed by atoms with Crippen LogP contribution in [-0.4, -0.2) is 19.3 Å². The van der Waals surface area contributed by atoms with E-state index in [1.54, 1.807) is 0 Å². The molecule has 0 saturated heterocycles. The minimum Gasteiger partial charge on any atom is -0.491 e. The number of hydrogen-bond donors (Lipinski definition) is 1. The first-order chi connectivity index (χ1) is 8.00. The zero-order chi connectivity index (χ0) is 12.8. The molecule has 0 saturated carbocycles. The van der Waals surface area contributed by atoms with Gasteiger partial charge in [0.1, 0.15) is 12.4 Å². The van der Waals surface area contributed by atoms with Crippen molar-refractivity contribution in [1.82, 2.24) is 0 Å². The first kappa shape index (κ1) is 14.5. The van der Waals surface area contributed by atoms with Crippen LogP contribution in [0.3, 0.4) is 0 Å². The van der Waals surface area contributed by atoms with Crippen molar-refractivity contribution in [2.75, 3.05) is 13.2 Å². The molecule has 0 fully saturated rings. The van der Waals surface area contributed by atoms with E-state index in [9.17, 15) is 0 Å². The molecule has 0 aliphatic heterocycles. The topological polar surface area (TPSA) is 44.5 Å². The van der Waals surface area contributed by atoms with Gasteiger partial charge >= 0.3 is 0 Å². The second kappa shape index (κ2) is 6.99. The van der Waals surface area contributed by atoms with Gasteiger partial charge in [0.2, 0.25) is 0 Å². The third kappa shape index (κ3) is 5.06. The molecule has 3 nitrogen and oxygen atoms in total. The lowest BCUT2D eigenvalue weighted by molar-refractivity contribution is 0.0550. The molecule has 0 spiro atoms. The Kier molecular flexibility index (Phi) is 5.95. The molecule has 0 unspecified atom stereocenters. The molecule has 4 heteroatoms. The molecule has 1 atom stereocenters. The van der Waals surface area contributed by atoms with Crippen LogP contribution in [0.25, 0.3) is 0 Å². The fraction of sp³-hybridized carbons (Fsp3) is 0.538. The summed E-state index contributed by atoms with van der Waals surface area (Å²) < 4.78 is 12.1. The molecule has 96 valence electrons. The van der Waals surface area contributed by atoms with Crippen LogP contribution in [0.1, 0.15) is 32.4 Å². The van der Waals surface area contributed by atoms with E-state index in [1.807, 2.05) is 39.0 Å². The lowest BCUT2D eigenvalue weighted by Crippen LogP contribution is -2.13. The second-order valence-electron chi connectivity index (χ2n) is 4.24. The Balaban J connectivity index is 2.58. The van der Waals surface area contributed by atoms with Crippen LogP contribution in [0.15, 0.2) is 22.7 Å². The molecular formula is C13H20BrNO2. The first-order valence-corrected chi connectivity index (χ1v) is 6.59. The summed E-state index contributed by atoms with van der Waals surface area (Å²) in [4.78, 5) is 0. The van der Waals surface area contributed by atoms with Crippen LogP contribution in [0.4, 0.5) is 0 Å². The monoisotopic (exact) mass is 301 g/mol. The summed E-state index contributed by atoms with van der Waals surface area (Å²) in [5.41, 5.74) is 6.91. The van der Waals surface area contributed by atoms with Gasteiger partial charge in [0.25, 0.3) is 0 Å². The smallest absolute Gasteiger partial charge is 0.124 e. The van der Waals surface area contributed by atoms with Gasteiger partial charge in [-0.3, -0.25) is 0 Å². The first-order valence-electron chi connectivity index (χ1n) is 5.80. The fourth-order valence-corrected chi connectivity index (χ4v) is 1.82. The quantitative estimate of drug-likeness (QED) is 0.820. The minimum atomic E-state index is -0.0477. The molecule has 0 heterocycles. The Morgan fingerprint density at radius 3 is 2.53 bits per heavy atom. The van der Waals surface area contributed by atoms with Gasteiger partial charge in [-0.15, -0.1) is 0 Å². The Labute approximate surface area is 111 Å². The van der Waals surface area contributed by atoms with Gasteiger partial charge in [-0.05, 0) is 39.0 Å². The van der Waals surface area contributed by atoms with Gasteiger partial charge in [0.05, 0.1) is 12.7 Å². The molecule has 2 N–H and O–H groups in total. The standard InChI is InChI=1S/C13H20BrNO2/c1-9(2)16-6-7-17-13-5-4-11(14)8-12(13)10(3)15/h4-5,8-10H,6-7,15H2,1-3H3/t10-/m0/s1. The summed E-state index contributed by atoms with van der Waals surface area (Å²) in [5.74, 6) is 0.829. The highest BCUT2D eigenvalue weighted by Crippen LogP contribution is 2.27. The maximum Gasteiger partial charge on any atom is 0.124 e. The molecule has 0 amide bonds. The maximum atomic E-state index is 5.90. The molecular weight excluding hydrogens is 282 g/mol. The average molecular weight is 302 g/mol. The van der Waals surface area contributed by atoms with Crippen LogP contribution in [0.5, 0.6) is 5.75 Å². The van der Waals surface area contributed by atoms with E-state index in [0.29, 0.717) is 13.2 Å². The van der Waals surface area contributed by atoms with Crippen molar-refractivity contribution in [3.8, 4) is 5.75 Å². The Bertz CT molecular complexity index is 353. The largest absolute Gasteiger partial charge is 0.491 e. The van der Waals surface area contributed by atoms with Crippen molar-refractivity contribution in [2.24, 2.45) is 5.73 Å². The summed E-state index contributed by atoms with van der Waals surface area (Å²) in [6, 6.07) is 5.82. The number of rotatable bonds is 6. The van der Waals surface area contributed by atoms with Gasteiger partial charge in [-0.1, -0.05) is 15.9 Å². The van der Waals surface area contributed by atoms with Gasteiger partial charge in [0.15, 0.2) is 0 Å². The fourth-order valence-electron chi connectivity index (χ4n) is 1.44. The number of halogens is 1. The molecule has 1 aromatic carbocycles. The van der Waals surface area contributed by atoms with Gasteiger partial charge in [0, 0.05) is 16.1 Å². The Morgan fingerprint density at radius 2 is 1.94 bits per heavy atom. The number of nitrogens with two attached hydrogens (primary N) is 1. The summed E-state index contributed by atoms with van der Waals surface area (Å²) in [6.45, 7) is 7.09. The molecule has 0 aliphatic carbocycles. The summed E-state index contributed by atoms with van der Waals surface area (Å²) >= 11 is 3.43. The van der Waals surface area contributed by atoms with Crippen LogP contribution in [0, 0.1) is 0 Å². The summed E-state index contributed by atoms with van der Waals surface area (Å²) in [6.07, 6.45) is 0.233. The van der Waals surface area contributed by atoms with Gasteiger partial charge in [-0.2, -0.15) is 0 Å². The van der Waals surface area contributed by atoms with E-state index >= 15 is 0 Å². The summed E-state index contributed by atoms with van der Waals surface area (Å²) in [5, 5.41) is 0. The molecule has 0 aliphatic rings. The molecule has 17 heavy (non-hydrogen) atoms. The molecule has 1 rings (SSSR count). The van der Waals surface area contributed by atoms with Gasteiger partial charge < -0.3 is 15.2 Å². The van der Waals surface area contributed by atoms with Crippen LogP contribution >= 0.6 is 15.9 Å². The molecule has 1 aromatic rings. The average Bonchev–Trinajstić information content (AvgIpc) is 2.25. The second-order valence-corrected chi connectivity index (χ2v) is 5.15.